The molecule has 0 fully saturated rings. The number of benzene rings is 1. The van der Waals surface area contributed by atoms with Crippen LogP contribution in [0.25, 0.3) is 11.0 Å². The Balaban J connectivity index is 2.59. The third-order valence-corrected chi connectivity index (χ3v) is 2.74. The minimum atomic E-state index is -4.23. The Morgan fingerprint density at radius 2 is 1.78 bits per heavy atom. The molecule has 0 bridgehead atoms. The van der Waals surface area contributed by atoms with Crippen molar-refractivity contribution in [3.8, 4) is 0 Å². The zero-order valence-electron chi connectivity index (χ0n) is 9.41. The minimum Gasteiger partial charge on any atom is -0.295 e. The normalized spacial score (nSPS) is 12.6. The van der Waals surface area contributed by atoms with Crippen molar-refractivity contribution in [3.63, 3.8) is 0 Å². The molecule has 7 heteroatoms. The number of nitrogens with zero attached hydrogens (tertiary/aromatic N) is 2. The highest BCUT2D eigenvalue weighted by atomic mass is 19.3. The molecule has 2 rings (SSSR count). The molecule has 0 N–H and O–H groups in total. The summed E-state index contributed by atoms with van der Waals surface area (Å²) in [5, 5.41) is 0. The smallest absolute Gasteiger partial charge is 0.295 e. The Morgan fingerprint density at radius 1 is 1.22 bits per heavy atom. The van der Waals surface area contributed by atoms with Gasteiger partial charge in [-0.2, -0.15) is 8.78 Å². The van der Waals surface area contributed by atoms with Crippen molar-refractivity contribution in [1.29, 1.82) is 0 Å². The highest BCUT2D eigenvalue weighted by molar-refractivity contribution is 5.75. The van der Waals surface area contributed by atoms with E-state index < -0.39 is 24.6 Å². The molecule has 0 aliphatic carbocycles. The van der Waals surface area contributed by atoms with E-state index in [1.165, 1.54) is 13.1 Å². The number of fused-ring (bicyclic) bond motifs is 1. The number of hydrogen-bond donors (Lipinski definition) is 0. The van der Waals surface area contributed by atoms with Crippen LogP contribution in [0, 0.1) is 0 Å². The number of aromatic nitrogens is 2. The van der Waals surface area contributed by atoms with E-state index in [1.54, 1.807) is 18.2 Å². The molecule has 18 heavy (non-hydrogen) atoms. The number of imidazole rings is 1. The lowest BCUT2D eigenvalue weighted by atomic mass is 10.3. The van der Waals surface area contributed by atoms with Gasteiger partial charge < -0.3 is 0 Å². The average Bonchev–Trinajstić information content (AvgIpc) is 2.55. The minimum absolute atomic E-state index is 0.213. The molecular weight excluding hydrogens is 252 g/mol. The average molecular weight is 262 g/mol. The lowest BCUT2D eigenvalue weighted by Gasteiger charge is -2.15. The monoisotopic (exact) mass is 262 g/mol. The van der Waals surface area contributed by atoms with Gasteiger partial charge in [0.1, 0.15) is 0 Å². The maximum atomic E-state index is 13.0. The molecule has 1 aromatic heterocycles. The summed E-state index contributed by atoms with van der Waals surface area (Å²) < 4.78 is 52.2. The van der Waals surface area contributed by atoms with Crippen LogP contribution in [0.1, 0.15) is 0 Å². The predicted octanol–water partition coefficient (Wildman–Crippen LogP) is 2.24. The Kier molecular flexibility index (Phi) is 2.92. The molecule has 0 aliphatic rings. The van der Waals surface area contributed by atoms with Gasteiger partial charge in [0.15, 0.2) is 0 Å². The second kappa shape index (κ2) is 4.15. The van der Waals surface area contributed by atoms with Crippen LogP contribution in [-0.4, -0.2) is 21.5 Å². The lowest BCUT2D eigenvalue weighted by molar-refractivity contribution is -0.137. The Bertz CT molecular complexity index is 629. The maximum absolute atomic E-state index is 13.0. The fraction of sp³-hybridized carbons (Fsp3) is 0.364. The van der Waals surface area contributed by atoms with Crippen LogP contribution in [0.4, 0.5) is 17.6 Å². The van der Waals surface area contributed by atoms with E-state index in [4.69, 9.17) is 0 Å². The second-order valence-corrected chi connectivity index (χ2v) is 3.98. The maximum Gasteiger partial charge on any atom is 0.329 e. The summed E-state index contributed by atoms with van der Waals surface area (Å²) in [7, 11) is 1.40. The van der Waals surface area contributed by atoms with Crippen molar-refractivity contribution in [2.75, 3.05) is 0 Å². The molecular formula is C11H10F4N2O. The zero-order valence-corrected chi connectivity index (χ0v) is 9.41. The van der Waals surface area contributed by atoms with Gasteiger partial charge in [-0.25, -0.2) is 13.6 Å². The number of rotatable bonds is 3. The van der Waals surface area contributed by atoms with Crippen molar-refractivity contribution >= 4 is 11.0 Å². The Hall–Kier alpha value is -1.79. The van der Waals surface area contributed by atoms with Crippen molar-refractivity contribution < 1.29 is 17.6 Å². The van der Waals surface area contributed by atoms with Crippen LogP contribution in [0.3, 0.4) is 0 Å². The molecule has 0 spiro atoms. The van der Waals surface area contributed by atoms with Gasteiger partial charge in [0.2, 0.25) is 0 Å². The number of aryl methyl sites for hydroxylation is 1. The summed E-state index contributed by atoms with van der Waals surface area (Å²) in [5.74, 6) is -4.23. The lowest BCUT2D eigenvalue weighted by Crippen LogP contribution is -2.36. The summed E-state index contributed by atoms with van der Waals surface area (Å²) in [6, 6.07) is 6.20. The van der Waals surface area contributed by atoms with Crippen LogP contribution in [0.5, 0.6) is 0 Å². The fourth-order valence-electron chi connectivity index (χ4n) is 1.80. The third kappa shape index (κ3) is 1.89. The molecule has 0 aliphatic heterocycles. The third-order valence-electron chi connectivity index (χ3n) is 2.74. The molecule has 0 radical (unpaired) electrons. The van der Waals surface area contributed by atoms with Gasteiger partial charge in [0.25, 0.3) is 0 Å². The molecule has 0 unspecified atom stereocenters. The van der Waals surface area contributed by atoms with E-state index in [0.717, 1.165) is 4.57 Å². The SMILES string of the molecule is Cn1c(=O)n(CC(F)(F)C(F)F)c2ccccc21. The first-order valence-electron chi connectivity index (χ1n) is 5.15. The van der Waals surface area contributed by atoms with E-state index >= 15 is 0 Å². The summed E-state index contributed by atoms with van der Waals surface area (Å²) in [4.78, 5) is 11.7. The number of alkyl halides is 4. The summed E-state index contributed by atoms with van der Waals surface area (Å²) in [6.45, 7) is -1.33. The molecule has 98 valence electrons. The largest absolute Gasteiger partial charge is 0.329 e. The van der Waals surface area contributed by atoms with Crippen molar-refractivity contribution in [1.82, 2.24) is 9.13 Å². The summed E-state index contributed by atoms with van der Waals surface area (Å²) >= 11 is 0. The van der Waals surface area contributed by atoms with Gasteiger partial charge >= 0.3 is 18.0 Å². The standard InChI is InChI=1S/C11H10F4N2O/c1-16-7-4-2-3-5-8(7)17(10(16)18)6-11(14,15)9(12)13/h2-5,9H,6H2,1H3. The van der Waals surface area contributed by atoms with E-state index in [-0.39, 0.29) is 5.52 Å². The van der Waals surface area contributed by atoms with Crippen LogP contribution in [0.2, 0.25) is 0 Å². The molecule has 0 atom stereocenters. The van der Waals surface area contributed by atoms with Crippen molar-refractivity contribution in [3.05, 3.63) is 34.7 Å². The molecule has 0 amide bonds. The Morgan fingerprint density at radius 3 is 2.33 bits per heavy atom. The van der Waals surface area contributed by atoms with Gasteiger partial charge in [-0.05, 0) is 12.1 Å². The van der Waals surface area contributed by atoms with E-state index in [1.807, 2.05) is 0 Å². The number of halogens is 4. The summed E-state index contributed by atoms with van der Waals surface area (Å²) in [6.07, 6.45) is -3.80. The first-order chi connectivity index (χ1) is 8.34. The van der Waals surface area contributed by atoms with Gasteiger partial charge in [-0.3, -0.25) is 9.13 Å². The molecule has 0 saturated carbocycles. The molecule has 0 saturated heterocycles. The fourth-order valence-corrected chi connectivity index (χ4v) is 1.80. The first kappa shape index (κ1) is 12.7. The molecule has 3 nitrogen and oxygen atoms in total. The van der Waals surface area contributed by atoms with Crippen LogP contribution >= 0.6 is 0 Å². The highest BCUT2D eigenvalue weighted by Gasteiger charge is 2.42. The van der Waals surface area contributed by atoms with Crippen LogP contribution in [-0.2, 0) is 13.6 Å². The topological polar surface area (TPSA) is 26.9 Å². The van der Waals surface area contributed by atoms with Gasteiger partial charge in [-0.1, -0.05) is 12.1 Å². The zero-order chi connectivity index (χ0) is 13.5. The predicted molar refractivity (Wildman–Crippen MR) is 58.1 cm³/mol. The summed E-state index contributed by atoms with van der Waals surface area (Å²) in [5.41, 5.74) is -0.102. The van der Waals surface area contributed by atoms with Crippen LogP contribution < -0.4 is 5.69 Å². The molecule has 1 aromatic carbocycles. The van der Waals surface area contributed by atoms with Gasteiger partial charge in [-0.15, -0.1) is 0 Å². The number of hydrogen-bond acceptors (Lipinski definition) is 1. The van der Waals surface area contributed by atoms with Crippen molar-refractivity contribution in [2.24, 2.45) is 7.05 Å². The van der Waals surface area contributed by atoms with Gasteiger partial charge in [0.05, 0.1) is 17.6 Å². The van der Waals surface area contributed by atoms with E-state index in [0.29, 0.717) is 10.1 Å². The Labute approximate surface area is 99.2 Å². The molecule has 1 heterocycles. The molecule has 2 aromatic rings. The van der Waals surface area contributed by atoms with E-state index in [2.05, 4.69) is 0 Å². The highest BCUT2D eigenvalue weighted by Crippen LogP contribution is 2.25. The van der Waals surface area contributed by atoms with Crippen LogP contribution in [0.15, 0.2) is 29.1 Å². The first-order valence-corrected chi connectivity index (χ1v) is 5.15. The number of para-hydroxylation sites is 2. The van der Waals surface area contributed by atoms with Gasteiger partial charge in [0, 0.05) is 7.05 Å². The van der Waals surface area contributed by atoms with E-state index in [9.17, 15) is 22.4 Å². The second-order valence-electron chi connectivity index (χ2n) is 3.98. The quantitative estimate of drug-likeness (QED) is 0.779. The van der Waals surface area contributed by atoms with Crippen molar-refractivity contribution in [2.45, 2.75) is 18.9 Å².